The van der Waals surface area contributed by atoms with Crippen LogP contribution in [0.4, 0.5) is 0 Å². The number of thioether (sulfide) groups is 1. The van der Waals surface area contributed by atoms with E-state index in [0.717, 1.165) is 22.2 Å². The third-order valence-corrected chi connectivity index (χ3v) is 5.38. The maximum absolute atomic E-state index is 12.2. The van der Waals surface area contributed by atoms with Crippen LogP contribution in [0.1, 0.15) is 10.9 Å². The van der Waals surface area contributed by atoms with Crippen LogP contribution in [0.5, 0.6) is 0 Å². The van der Waals surface area contributed by atoms with E-state index in [1.807, 2.05) is 0 Å². The largest absolute Gasteiger partial charge is 0.285 e. The number of benzene rings is 2. The number of hydrogen-bond acceptors (Lipinski definition) is 2. The fourth-order valence-electron chi connectivity index (χ4n) is 1.61. The first-order chi connectivity index (χ1) is 9.97. The highest BCUT2D eigenvalue weighted by molar-refractivity contribution is 8.14. The van der Waals surface area contributed by atoms with Gasteiger partial charge in [-0.3, -0.25) is 4.79 Å². The third-order valence-electron chi connectivity index (χ3n) is 2.70. The van der Waals surface area contributed by atoms with Crippen molar-refractivity contribution in [2.75, 3.05) is 0 Å². The first kappa shape index (κ1) is 17.0. The van der Waals surface area contributed by atoms with Crippen LogP contribution in [0.15, 0.2) is 53.4 Å². The molecular formula is C15H10Cl4OS. The molecule has 0 amide bonds. The molecule has 0 N–H and O–H groups in total. The van der Waals surface area contributed by atoms with E-state index in [4.69, 9.17) is 46.4 Å². The quantitative estimate of drug-likeness (QED) is 0.464. The van der Waals surface area contributed by atoms with E-state index >= 15 is 0 Å². The van der Waals surface area contributed by atoms with Crippen molar-refractivity contribution in [2.45, 2.75) is 15.6 Å². The van der Waals surface area contributed by atoms with Crippen LogP contribution in [-0.2, 0) is 4.79 Å². The van der Waals surface area contributed by atoms with Crippen LogP contribution in [0.25, 0.3) is 0 Å². The van der Waals surface area contributed by atoms with Gasteiger partial charge in [-0.1, -0.05) is 47.1 Å². The molecule has 0 bridgehead atoms. The molecular weight excluding hydrogens is 370 g/mol. The Kier molecular flexibility index (Phi) is 6.27. The van der Waals surface area contributed by atoms with Gasteiger partial charge in [0.2, 0.25) is 5.12 Å². The molecule has 0 unspecified atom stereocenters. The molecule has 0 radical (unpaired) electrons. The summed E-state index contributed by atoms with van der Waals surface area (Å²) in [7, 11) is 0. The third kappa shape index (κ3) is 4.80. The van der Waals surface area contributed by atoms with E-state index < -0.39 is 10.8 Å². The zero-order valence-corrected chi connectivity index (χ0v) is 14.4. The lowest BCUT2D eigenvalue weighted by Gasteiger charge is -2.15. The molecule has 21 heavy (non-hydrogen) atoms. The second kappa shape index (κ2) is 7.75. The molecule has 2 atom stereocenters. The number of alkyl halides is 2. The van der Waals surface area contributed by atoms with Crippen LogP contribution >= 0.6 is 58.2 Å². The normalized spacial score (nSPS) is 13.7. The summed E-state index contributed by atoms with van der Waals surface area (Å²) < 4.78 is 0. The number of rotatable bonds is 4. The van der Waals surface area contributed by atoms with Crippen molar-refractivity contribution < 1.29 is 4.79 Å². The Bertz CT molecular complexity index is 613. The summed E-state index contributed by atoms with van der Waals surface area (Å²) in [6, 6.07) is 13.9. The van der Waals surface area contributed by atoms with Gasteiger partial charge in [-0.15, -0.1) is 23.2 Å². The molecule has 2 aromatic carbocycles. The summed E-state index contributed by atoms with van der Waals surface area (Å²) in [5, 5.41) is -0.445. The zero-order chi connectivity index (χ0) is 15.4. The van der Waals surface area contributed by atoms with Crippen molar-refractivity contribution in [3.05, 3.63) is 64.1 Å². The average molecular weight is 380 g/mol. The highest BCUT2D eigenvalue weighted by Gasteiger charge is 2.26. The molecule has 2 aromatic rings. The van der Waals surface area contributed by atoms with E-state index in [1.54, 1.807) is 48.5 Å². The van der Waals surface area contributed by atoms with Crippen LogP contribution in [0.2, 0.25) is 10.0 Å². The summed E-state index contributed by atoms with van der Waals surface area (Å²) >= 11 is 25.1. The van der Waals surface area contributed by atoms with Gasteiger partial charge in [-0.25, -0.2) is 0 Å². The van der Waals surface area contributed by atoms with Gasteiger partial charge >= 0.3 is 0 Å². The summed E-state index contributed by atoms with van der Waals surface area (Å²) in [5.41, 5.74) is 0.756. The second-order valence-corrected chi connectivity index (χ2v) is 7.12. The number of carbonyl (C=O) groups excluding carboxylic acids is 1. The predicted molar refractivity (Wildman–Crippen MR) is 92.0 cm³/mol. The van der Waals surface area contributed by atoms with E-state index in [0.29, 0.717) is 10.0 Å². The number of carbonyl (C=O) groups is 1. The van der Waals surface area contributed by atoms with E-state index in [1.165, 1.54) is 0 Å². The van der Waals surface area contributed by atoms with Crippen molar-refractivity contribution in [1.82, 2.24) is 0 Å². The lowest BCUT2D eigenvalue weighted by Crippen LogP contribution is -2.16. The van der Waals surface area contributed by atoms with E-state index in [2.05, 4.69) is 0 Å². The van der Waals surface area contributed by atoms with E-state index in [9.17, 15) is 4.79 Å². The van der Waals surface area contributed by atoms with Gasteiger partial charge in [0, 0.05) is 14.9 Å². The fourth-order valence-corrected chi connectivity index (χ4v) is 3.23. The minimum absolute atomic E-state index is 0.214. The summed E-state index contributed by atoms with van der Waals surface area (Å²) in [6.45, 7) is 0. The Balaban J connectivity index is 2.04. The van der Waals surface area contributed by atoms with Crippen molar-refractivity contribution >= 4 is 63.3 Å². The molecule has 110 valence electrons. The highest BCUT2D eigenvalue weighted by Crippen LogP contribution is 2.34. The molecule has 6 heteroatoms. The SMILES string of the molecule is O=C(Sc1ccc(Cl)cc1)[C@@H](Cl)[C@H](Cl)c1ccc(Cl)cc1. The standard InChI is InChI=1S/C15H10Cl4OS/c16-10-3-1-9(2-4-10)13(18)14(19)15(20)21-12-7-5-11(17)6-8-12/h1-8,13-14H/t13-,14+/m1/s1. The Morgan fingerprint density at radius 2 is 1.33 bits per heavy atom. The molecule has 2 rings (SSSR count). The molecule has 0 aliphatic heterocycles. The van der Waals surface area contributed by atoms with Gasteiger partial charge in [0.1, 0.15) is 5.38 Å². The van der Waals surface area contributed by atoms with Crippen molar-refractivity contribution in [1.29, 1.82) is 0 Å². The second-order valence-electron chi connectivity index (χ2n) is 4.23. The topological polar surface area (TPSA) is 17.1 Å². The Morgan fingerprint density at radius 1 is 0.857 bits per heavy atom. The summed E-state index contributed by atoms with van der Waals surface area (Å²) in [4.78, 5) is 12.9. The first-order valence-electron chi connectivity index (χ1n) is 5.98. The molecule has 0 aliphatic carbocycles. The smallest absolute Gasteiger partial charge is 0.213 e. The van der Waals surface area contributed by atoms with Gasteiger partial charge in [-0.2, -0.15) is 0 Å². The van der Waals surface area contributed by atoms with Crippen LogP contribution in [0, 0.1) is 0 Å². The minimum Gasteiger partial charge on any atom is -0.285 e. The van der Waals surface area contributed by atoms with Crippen molar-refractivity contribution in [2.24, 2.45) is 0 Å². The van der Waals surface area contributed by atoms with Gasteiger partial charge in [0.25, 0.3) is 0 Å². The molecule has 0 heterocycles. The summed E-state index contributed by atoms with van der Waals surface area (Å²) in [6.07, 6.45) is 0. The maximum Gasteiger partial charge on any atom is 0.213 e. The molecule has 0 saturated carbocycles. The number of hydrogen-bond donors (Lipinski definition) is 0. The Labute approximate surface area is 147 Å². The lowest BCUT2D eigenvalue weighted by atomic mass is 10.1. The fraction of sp³-hybridized carbons (Fsp3) is 0.133. The van der Waals surface area contributed by atoms with Crippen LogP contribution < -0.4 is 0 Å². The first-order valence-corrected chi connectivity index (χ1v) is 8.43. The molecule has 0 spiro atoms. The molecule has 0 aromatic heterocycles. The van der Waals surface area contributed by atoms with Gasteiger partial charge in [0.05, 0.1) is 5.38 Å². The Hall–Kier alpha value is -0.380. The molecule has 0 aliphatic rings. The van der Waals surface area contributed by atoms with Crippen LogP contribution in [-0.4, -0.2) is 10.5 Å². The predicted octanol–water partition coefficient (Wildman–Crippen LogP) is 6.20. The van der Waals surface area contributed by atoms with Crippen molar-refractivity contribution in [3.8, 4) is 0 Å². The van der Waals surface area contributed by atoms with Crippen molar-refractivity contribution in [3.63, 3.8) is 0 Å². The van der Waals surface area contributed by atoms with Gasteiger partial charge in [0.15, 0.2) is 0 Å². The van der Waals surface area contributed by atoms with Crippen LogP contribution in [0.3, 0.4) is 0 Å². The number of halogens is 4. The molecule has 0 fully saturated rings. The zero-order valence-electron chi connectivity index (χ0n) is 10.6. The van der Waals surface area contributed by atoms with Gasteiger partial charge < -0.3 is 0 Å². The van der Waals surface area contributed by atoms with E-state index in [-0.39, 0.29) is 5.12 Å². The minimum atomic E-state index is -0.839. The Morgan fingerprint density at radius 3 is 1.86 bits per heavy atom. The summed E-state index contributed by atoms with van der Waals surface area (Å²) in [5.74, 6) is 0. The van der Waals surface area contributed by atoms with Gasteiger partial charge in [-0.05, 0) is 42.0 Å². The monoisotopic (exact) mass is 378 g/mol. The molecule has 1 nitrogen and oxygen atoms in total. The lowest BCUT2D eigenvalue weighted by molar-refractivity contribution is -0.110. The maximum atomic E-state index is 12.2. The average Bonchev–Trinajstić information content (AvgIpc) is 2.49. The molecule has 0 saturated heterocycles. The highest BCUT2D eigenvalue weighted by atomic mass is 35.5.